The maximum absolute atomic E-state index is 12.5. The third-order valence-electron chi connectivity index (χ3n) is 3.61. The van der Waals surface area contributed by atoms with Crippen molar-refractivity contribution in [3.8, 4) is 0 Å². The molecule has 1 amide bonds. The quantitative estimate of drug-likeness (QED) is 0.760. The smallest absolute Gasteiger partial charge is 0.240 e. The average molecular weight is 247 g/mol. The number of para-hydroxylation sites is 1. The zero-order valence-corrected chi connectivity index (χ0v) is 10.7. The third kappa shape index (κ3) is 2.08. The normalized spacial score (nSPS) is 23.5. The Hall–Kier alpha value is -0.960. The average Bonchev–Trinajstić information content (AvgIpc) is 2.83. The Kier molecular flexibility index (Phi) is 3.10. The van der Waals surface area contributed by atoms with E-state index >= 15 is 0 Å². The maximum atomic E-state index is 12.5. The summed E-state index contributed by atoms with van der Waals surface area (Å²) >= 11 is 1.84. The molecule has 2 nitrogen and oxygen atoms in total. The van der Waals surface area contributed by atoms with Crippen molar-refractivity contribution in [1.29, 1.82) is 0 Å². The van der Waals surface area contributed by atoms with E-state index in [-0.39, 0.29) is 5.25 Å². The van der Waals surface area contributed by atoms with E-state index in [1.54, 1.807) is 0 Å². The number of anilines is 1. The van der Waals surface area contributed by atoms with E-state index in [0.717, 1.165) is 30.8 Å². The zero-order chi connectivity index (χ0) is 11.7. The predicted octanol–water partition coefficient (Wildman–Crippen LogP) is 2.86. The second kappa shape index (κ2) is 4.73. The topological polar surface area (TPSA) is 20.3 Å². The zero-order valence-electron chi connectivity index (χ0n) is 9.89. The molecule has 0 saturated carbocycles. The summed E-state index contributed by atoms with van der Waals surface area (Å²) in [4.78, 5) is 14.5. The molecule has 0 radical (unpaired) electrons. The van der Waals surface area contributed by atoms with Gasteiger partial charge in [0.25, 0.3) is 0 Å². The summed E-state index contributed by atoms with van der Waals surface area (Å²) in [5.74, 6) is 1.48. The minimum Gasteiger partial charge on any atom is -0.311 e. The first-order chi connectivity index (χ1) is 8.36. The van der Waals surface area contributed by atoms with Crippen LogP contribution in [0.3, 0.4) is 0 Å². The van der Waals surface area contributed by atoms with Gasteiger partial charge in [-0.25, -0.2) is 0 Å². The number of carbonyl (C=O) groups excluding carboxylic acids is 1. The first-order valence-corrected chi connectivity index (χ1v) is 7.42. The molecule has 0 spiro atoms. The van der Waals surface area contributed by atoms with Crippen LogP contribution in [0.4, 0.5) is 5.69 Å². The molecule has 0 aliphatic carbocycles. The van der Waals surface area contributed by atoms with Gasteiger partial charge in [0.1, 0.15) is 0 Å². The summed E-state index contributed by atoms with van der Waals surface area (Å²) < 4.78 is 0. The molecule has 0 N–H and O–H groups in total. The molecule has 2 heterocycles. The van der Waals surface area contributed by atoms with Crippen molar-refractivity contribution in [3.63, 3.8) is 0 Å². The van der Waals surface area contributed by atoms with E-state index in [4.69, 9.17) is 0 Å². The Morgan fingerprint density at radius 1 is 1.29 bits per heavy atom. The molecule has 3 rings (SSSR count). The van der Waals surface area contributed by atoms with Gasteiger partial charge in [-0.05, 0) is 36.6 Å². The van der Waals surface area contributed by atoms with Gasteiger partial charge in [0.15, 0.2) is 0 Å². The number of amides is 1. The SMILES string of the molecule is O=C(C1CCCCS1)N1CCc2ccccc21. The van der Waals surface area contributed by atoms with Crippen molar-refractivity contribution < 1.29 is 4.79 Å². The van der Waals surface area contributed by atoms with E-state index in [9.17, 15) is 4.79 Å². The van der Waals surface area contributed by atoms with E-state index in [2.05, 4.69) is 18.2 Å². The highest BCUT2D eigenvalue weighted by Crippen LogP contribution is 2.32. The summed E-state index contributed by atoms with van der Waals surface area (Å²) in [7, 11) is 0. The van der Waals surface area contributed by atoms with Crippen LogP contribution in [-0.4, -0.2) is 23.5 Å². The van der Waals surface area contributed by atoms with Crippen molar-refractivity contribution in [2.75, 3.05) is 17.2 Å². The van der Waals surface area contributed by atoms with Crippen LogP contribution in [0.1, 0.15) is 24.8 Å². The van der Waals surface area contributed by atoms with Gasteiger partial charge in [0.05, 0.1) is 5.25 Å². The summed E-state index contributed by atoms with van der Waals surface area (Å²) in [6.45, 7) is 0.870. The van der Waals surface area contributed by atoms with E-state index < -0.39 is 0 Å². The summed E-state index contributed by atoms with van der Waals surface area (Å²) in [5.41, 5.74) is 2.46. The minimum atomic E-state index is 0.204. The number of hydrogen-bond donors (Lipinski definition) is 0. The molecule has 2 aliphatic rings. The molecule has 1 atom stereocenters. The molecule has 1 aromatic rings. The minimum absolute atomic E-state index is 0.204. The van der Waals surface area contributed by atoms with Crippen LogP contribution < -0.4 is 4.90 Å². The van der Waals surface area contributed by atoms with E-state index in [1.807, 2.05) is 22.7 Å². The van der Waals surface area contributed by atoms with Gasteiger partial charge in [-0.2, -0.15) is 0 Å². The van der Waals surface area contributed by atoms with Gasteiger partial charge in [-0.3, -0.25) is 4.79 Å². The largest absolute Gasteiger partial charge is 0.311 e. The highest BCUT2D eigenvalue weighted by Gasteiger charge is 2.30. The Balaban J connectivity index is 1.79. The number of hydrogen-bond acceptors (Lipinski definition) is 2. The molecule has 1 saturated heterocycles. The molecule has 0 bridgehead atoms. The van der Waals surface area contributed by atoms with Gasteiger partial charge in [0, 0.05) is 12.2 Å². The van der Waals surface area contributed by atoms with Gasteiger partial charge >= 0.3 is 0 Å². The van der Waals surface area contributed by atoms with Gasteiger partial charge in [-0.1, -0.05) is 24.6 Å². The summed E-state index contributed by atoms with van der Waals surface area (Å²) in [6, 6.07) is 8.30. The third-order valence-corrected chi connectivity index (χ3v) is 4.97. The van der Waals surface area contributed by atoms with E-state index in [1.165, 1.54) is 18.4 Å². The predicted molar refractivity (Wildman–Crippen MR) is 72.6 cm³/mol. The molecule has 1 unspecified atom stereocenters. The van der Waals surface area contributed by atoms with Crippen molar-refractivity contribution in [3.05, 3.63) is 29.8 Å². The lowest BCUT2D eigenvalue weighted by molar-refractivity contribution is -0.118. The maximum Gasteiger partial charge on any atom is 0.240 e. The number of fused-ring (bicyclic) bond motifs is 1. The van der Waals surface area contributed by atoms with E-state index in [0.29, 0.717) is 5.91 Å². The Bertz CT molecular complexity index is 426. The second-order valence-corrected chi connectivity index (χ2v) is 6.03. The molecule has 17 heavy (non-hydrogen) atoms. The standard InChI is InChI=1S/C14H17NOS/c16-14(13-7-3-4-10-17-13)15-9-8-11-5-1-2-6-12(11)15/h1-2,5-6,13H,3-4,7-10H2. The number of benzene rings is 1. The molecular weight excluding hydrogens is 230 g/mol. The van der Waals surface area contributed by atoms with Gasteiger partial charge in [0.2, 0.25) is 5.91 Å². The Morgan fingerprint density at radius 2 is 2.18 bits per heavy atom. The van der Waals surface area contributed by atoms with Crippen LogP contribution in [-0.2, 0) is 11.2 Å². The lowest BCUT2D eigenvalue weighted by Crippen LogP contribution is -2.37. The fourth-order valence-electron chi connectivity index (χ4n) is 2.68. The molecule has 3 heteroatoms. The number of carbonyl (C=O) groups is 1. The fraction of sp³-hybridized carbons (Fsp3) is 0.500. The molecule has 1 aromatic carbocycles. The monoisotopic (exact) mass is 247 g/mol. The van der Waals surface area contributed by atoms with Crippen LogP contribution >= 0.6 is 11.8 Å². The first kappa shape index (κ1) is 11.1. The highest BCUT2D eigenvalue weighted by molar-refractivity contribution is 8.00. The van der Waals surface area contributed by atoms with Crippen LogP contribution in [0.25, 0.3) is 0 Å². The van der Waals surface area contributed by atoms with Crippen molar-refractivity contribution >= 4 is 23.4 Å². The highest BCUT2D eigenvalue weighted by atomic mass is 32.2. The number of rotatable bonds is 1. The lowest BCUT2D eigenvalue weighted by Gasteiger charge is -2.26. The summed E-state index contributed by atoms with van der Waals surface area (Å²) in [6.07, 6.45) is 4.55. The number of nitrogens with zero attached hydrogens (tertiary/aromatic N) is 1. The van der Waals surface area contributed by atoms with Crippen LogP contribution in [0, 0.1) is 0 Å². The molecule has 2 aliphatic heterocycles. The Labute approximate surface area is 106 Å². The van der Waals surface area contributed by atoms with Gasteiger partial charge < -0.3 is 4.90 Å². The van der Waals surface area contributed by atoms with Crippen molar-refractivity contribution in [2.24, 2.45) is 0 Å². The molecule has 1 fully saturated rings. The molecule has 0 aromatic heterocycles. The lowest BCUT2D eigenvalue weighted by atomic mass is 10.1. The van der Waals surface area contributed by atoms with Gasteiger partial charge in [-0.15, -0.1) is 11.8 Å². The van der Waals surface area contributed by atoms with Crippen molar-refractivity contribution in [1.82, 2.24) is 0 Å². The number of thioether (sulfide) groups is 1. The van der Waals surface area contributed by atoms with Crippen molar-refractivity contribution in [2.45, 2.75) is 30.9 Å². The summed E-state index contributed by atoms with van der Waals surface area (Å²) in [5, 5.41) is 0.204. The van der Waals surface area contributed by atoms with Crippen LogP contribution in [0.2, 0.25) is 0 Å². The Morgan fingerprint density at radius 3 is 3.00 bits per heavy atom. The first-order valence-electron chi connectivity index (χ1n) is 6.37. The van der Waals surface area contributed by atoms with Crippen LogP contribution in [0.15, 0.2) is 24.3 Å². The fourth-order valence-corrected chi connectivity index (χ4v) is 3.93. The molecular formula is C14H17NOS. The second-order valence-electron chi connectivity index (χ2n) is 4.72. The van der Waals surface area contributed by atoms with Crippen LogP contribution in [0.5, 0.6) is 0 Å². The molecule has 90 valence electrons.